The van der Waals surface area contributed by atoms with E-state index in [1.54, 1.807) is 15.9 Å². The van der Waals surface area contributed by atoms with Crippen LogP contribution < -0.4 is 10.9 Å². The Morgan fingerprint density at radius 1 is 1.16 bits per heavy atom. The summed E-state index contributed by atoms with van der Waals surface area (Å²) in [6.07, 6.45) is 5.26. The summed E-state index contributed by atoms with van der Waals surface area (Å²) in [7, 11) is 0. The van der Waals surface area contributed by atoms with Crippen LogP contribution in [0.4, 0.5) is 0 Å². The van der Waals surface area contributed by atoms with E-state index in [-0.39, 0.29) is 23.6 Å². The van der Waals surface area contributed by atoms with Gasteiger partial charge in [-0.15, -0.1) is 11.3 Å². The lowest BCUT2D eigenvalue weighted by Gasteiger charge is -2.12. The van der Waals surface area contributed by atoms with E-state index in [1.165, 1.54) is 16.6 Å². The Kier molecular flexibility index (Phi) is 7.26. The number of unbranched alkanes of at least 4 members (excludes halogenated alkanes) is 2. The largest absolute Gasteiger partial charge is 0.481 e. The summed E-state index contributed by atoms with van der Waals surface area (Å²) in [5, 5.41) is 12.8. The first-order valence-corrected chi connectivity index (χ1v) is 12.6. The second-order valence-corrected chi connectivity index (χ2v) is 9.78. The van der Waals surface area contributed by atoms with Crippen LogP contribution in [-0.4, -0.2) is 38.8 Å². The molecular weight excluding hydrogens is 446 g/mol. The van der Waals surface area contributed by atoms with Gasteiger partial charge in [-0.05, 0) is 49.8 Å². The third-order valence-electron chi connectivity index (χ3n) is 5.44. The van der Waals surface area contributed by atoms with Gasteiger partial charge in [0.1, 0.15) is 4.83 Å². The van der Waals surface area contributed by atoms with Crippen molar-refractivity contribution in [3.63, 3.8) is 0 Å². The van der Waals surface area contributed by atoms with Crippen LogP contribution in [0.15, 0.2) is 40.3 Å². The fraction of sp³-hybridized carbons (Fsp3) is 0.391. The van der Waals surface area contributed by atoms with Crippen LogP contribution in [0.3, 0.4) is 0 Å². The molecule has 1 amide bonds. The zero-order valence-electron chi connectivity index (χ0n) is 17.6. The SMILES string of the molecule is O=C(O)CCCCCNC(=O)CSc1nc2sc3c(c2c(=O)n1-c1ccccc1)CCC3. The van der Waals surface area contributed by atoms with Gasteiger partial charge in [0.15, 0.2) is 5.16 Å². The molecule has 2 N–H and O–H groups in total. The van der Waals surface area contributed by atoms with Crippen LogP contribution in [0.25, 0.3) is 15.9 Å². The normalized spacial score (nSPS) is 12.8. The van der Waals surface area contributed by atoms with Gasteiger partial charge in [-0.3, -0.25) is 19.0 Å². The number of aryl methyl sites for hydroxylation is 2. The van der Waals surface area contributed by atoms with E-state index < -0.39 is 5.97 Å². The molecule has 0 atom stereocenters. The van der Waals surface area contributed by atoms with Gasteiger partial charge in [0.25, 0.3) is 5.56 Å². The van der Waals surface area contributed by atoms with Crippen molar-refractivity contribution in [3.8, 4) is 5.69 Å². The smallest absolute Gasteiger partial charge is 0.303 e. The summed E-state index contributed by atoms with van der Waals surface area (Å²) in [4.78, 5) is 43.2. The van der Waals surface area contributed by atoms with Crippen molar-refractivity contribution in [2.24, 2.45) is 0 Å². The second kappa shape index (κ2) is 10.3. The van der Waals surface area contributed by atoms with Gasteiger partial charge in [-0.25, -0.2) is 4.98 Å². The number of nitrogens with one attached hydrogen (secondary N) is 1. The topological polar surface area (TPSA) is 101 Å². The number of thiophene rings is 1. The fourth-order valence-electron chi connectivity index (χ4n) is 3.91. The number of carboxylic acids is 1. The monoisotopic (exact) mass is 471 g/mol. The first-order chi connectivity index (χ1) is 15.5. The van der Waals surface area contributed by atoms with Crippen molar-refractivity contribution in [2.75, 3.05) is 12.3 Å². The average Bonchev–Trinajstić information content (AvgIpc) is 3.36. The van der Waals surface area contributed by atoms with Crippen LogP contribution in [0.5, 0.6) is 0 Å². The van der Waals surface area contributed by atoms with E-state index in [0.717, 1.165) is 53.6 Å². The highest BCUT2D eigenvalue weighted by Gasteiger charge is 2.24. The number of fused-ring (bicyclic) bond motifs is 3. The molecule has 0 fully saturated rings. The number of hydrogen-bond donors (Lipinski definition) is 2. The second-order valence-electron chi connectivity index (χ2n) is 7.75. The molecule has 0 saturated carbocycles. The summed E-state index contributed by atoms with van der Waals surface area (Å²) in [5.41, 5.74) is 1.82. The van der Waals surface area contributed by atoms with Crippen molar-refractivity contribution in [3.05, 3.63) is 51.1 Å². The summed E-state index contributed by atoms with van der Waals surface area (Å²) in [6.45, 7) is 0.509. The maximum absolute atomic E-state index is 13.5. The Hall–Kier alpha value is -2.65. The van der Waals surface area contributed by atoms with E-state index >= 15 is 0 Å². The van der Waals surface area contributed by atoms with E-state index in [4.69, 9.17) is 10.1 Å². The van der Waals surface area contributed by atoms with Crippen LogP contribution in [0.2, 0.25) is 0 Å². The Bertz CT molecular complexity index is 1190. The summed E-state index contributed by atoms with van der Waals surface area (Å²) in [5.74, 6) is -0.767. The lowest BCUT2D eigenvalue weighted by atomic mass is 10.2. The minimum absolute atomic E-state index is 0.0676. The molecule has 4 rings (SSSR count). The predicted octanol–water partition coefficient (Wildman–Crippen LogP) is 3.79. The van der Waals surface area contributed by atoms with Gasteiger partial charge in [0.05, 0.1) is 16.8 Å². The number of carbonyl (C=O) groups excluding carboxylic acids is 1. The van der Waals surface area contributed by atoms with Gasteiger partial charge >= 0.3 is 5.97 Å². The van der Waals surface area contributed by atoms with Gasteiger partial charge in [-0.1, -0.05) is 36.4 Å². The number of aromatic nitrogens is 2. The van der Waals surface area contributed by atoms with E-state index in [9.17, 15) is 14.4 Å². The Morgan fingerprint density at radius 3 is 2.75 bits per heavy atom. The van der Waals surface area contributed by atoms with Crippen molar-refractivity contribution < 1.29 is 14.7 Å². The number of carboxylic acid groups (broad SMARTS) is 1. The molecule has 168 valence electrons. The number of aliphatic carboxylic acids is 1. The Labute approximate surface area is 193 Å². The summed E-state index contributed by atoms with van der Waals surface area (Å²) < 4.78 is 1.62. The molecule has 9 heteroatoms. The van der Waals surface area contributed by atoms with Crippen LogP contribution in [0, 0.1) is 0 Å². The first-order valence-electron chi connectivity index (χ1n) is 10.8. The molecule has 0 saturated heterocycles. The standard InChI is InChI=1S/C23H25N3O4S2/c27-18(24-13-6-2-5-12-19(28)29)14-31-23-25-21-20(16-10-7-11-17(16)32-21)22(30)26(23)15-8-3-1-4-9-15/h1,3-4,8-9H,2,5-7,10-14H2,(H,24,27)(H,28,29). The number of hydrogen-bond acceptors (Lipinski definition) is 6. The average molecular weight is 472 g/mol. The highest BCUT2D eigenvalue weighted by atomic mass is 32.2. The highest BCUT2D eigenvalue weighted by molar-refractivity contribution is 7.99. The highest BCUT2D eigenvalue weighted by Crippen LogP contribution is 2.36. The fourth-order valence-corrected chi connectivity index (χ4v) is 6.06. The number of amides is 1. The molecule has 0 spiro atoms. The number of carbonyl (C=O) groups is 2. The lowest BCUT2D eigenvalue weighted by Crippen LogP contribution is -2.27. The van der Waals surface area contributed by atoms with Crippen LogP contribution >= 0.6 is 23.1 Å². The van der Waals surface area contributed by atoms with Gasteiger partial charge in [-0.2, -0.15) is 0 Å². The van der Waals surface area contributed by atoms with Gasteiger partial charge in [0.2, 0.25) is 5.91 Å². The number of thioether (sulfide) groups is 1. The number of nitrogens with zero attached hydrogens (tertiary/aromatic N) is 2. The Morgan fingerprint density at radius 2 is 1.97 bits per heavy atom. The quantitative estimate of drug-likeness (QED) is 0.265. The molecule has 0 bridgehead atoms. The Balaban J connectivity index is 1.49. The van der Waals surface area contributed by atoms with Gasteiger partial charge < -0.3 is 10.4 Å². The summed E-state index contributed by atoms with van der Waals surface area (Å²) in [6, 6.07) is 9.43. The molecule has 0 unspecified atom stereocenters. The first kappa shape index (κ1) is 22.5. The maximum atomic E-state index is 13.5. The molecule has 3 aromatic rings. The van der Waals surface area contributed by atoms with Crippen molar-refractivity contribution in [1.29, 1.82) is 0 Å². The third-order valence-corrected chi connectivity index (χ3v) is 7.57. The zero-order chi connectivity index (χ0) is 22.5. The number of rotatable bonds is 10. The number of para-hydroxylation sites is 1. The lowest BCUT2D eigenvalue weighted by molar-refractivity contribution is -0.137. The molecule has 0 radical (unpaired) electrons. The van der Waals surface area contributed by atoms with Gasteiger partial charge in [0, 0.05) is 17.8 Å². The zero-order valence-corrected chi connectivity index (χ0v) is 19.3. The minimum Gasteiger partial charge on any atom is -0.481 e. The number of benzene rings is 1. The van der Waals surface area contributed by atoms with E-state index in [1.807, 2.05) is 30.3 Å². The maximum Gasteiger partial charge on any atom is 0.303 e. The summed E-state index contributed by atoms with van der Waals surface area (Å²) >= 11 is 2.86. The molecule has 1 aromatic carbocycles. The van der Waals surface area contributed by atoms with Crippen molar-refractivity contribution in [2.45, 2.75) is 50.1 Å². The van der Waals surface area contributed by atoms with E-state index in [2.05, 4.69) is 5.32 Å². The molecule has 0 aliphatic heterocycles. The van der Waals surface area contributed by atoms with Crippen LogP contribution in [-0.2, 0) is 22.4 Å². The molecule has 1 aliphatic carbocycles. The van der Waals surface area contributed by atoms with Crippen molar-refractivity contribution >= 4 is 45.2 Å². The molecular formula is C23H25N3O4S2. The molecule has 7 nitrogen and oxygen atoms in total. The minimum atomic E-state index is -0.796. The third kappa shape index (κ3) is 5.05. The van der Waals surface area contributed by atoms with E-state index in [0.29, 0.717) is 18.1 Å². The molecule has 2 heterocycles. The predicted molar refractivity (Wildman–Crippen MR) is 127 cm³/mol. The van der Waals surface area contributed by atoms with Crippen molar-refractivity contribution in [1.82, 2.24) is 14.9 Å². The molecule has 2 aromatic heterocycles. The van der Waals surface area contributed by atoms with Crippen LogP contribution in [0.1, 0.15) is 42.5 Å². The molecule has 1 aliphatic rings. The molecule has 32 heavy (non-hydrogen) atoms.